The fourth-order valence-corrected chi connectivity index (χ4v) is 1.93. The summed E-state index contributed by atoms with van der Waals surface area (Å²) in [7, 11) is 1.57. The van der Waals surface area contributed by atoms with Crippen LogP contribution in [-0.4, -0.2) is 38.1 Å². The Morgan fingerprint density at radius 1 is 1.26 bits per heavy atom. The Hall–Kier alpha value is -0.560. The topological polar surface area (TPSA) is 38.7 Å². The van der Waals surface area contributed by atoms with Crippen molar-refractivity contribution >= 4 is 15.9 Å². The largest absolute Gasteiger partial charge is 0.393 e. The number of aliphatic hydroxyl groups is 1. The van der Waals surface area contributed by atoms with Gasteiger partial charge in [0.25, 0.3) is 0 Å². The van der Waals surface area contributed by atoms with Crippen LogP contribution in [0.15, 0.2) is 16.6 Å². The van der Waals surface area contributed by atoms with Gasteiger partial charge in [0, 0.05) is 25.7 Å². The van der Waals surface area contributed by atoms with Gasteiger partial charge in [-0.1, -0.05) is 0 Å². The Morgan fingerprint density at radius 3 is 2.68 bits per heavy atom. The average Bonchev–Trinajstić information content (AvgIpc) is 2.39. The Balaban J connectivity index is 2.44. The molecule has 1 aromatic carbocycles. The molecule has 19 heavy (non-hydrogen) atoms. The zero-order chi connectivity index (χ0) is 14.3. The van der Waals surface area contributed by atoms with Crippen molar-refractivity contribution in [3.63, 3.8) is 0 Å². The molecule has 1 rings (SSSR count). The molecule has 6 heteroatoms. The lowest BCUT2D eigenvalue weighted by atomic mass is 10.0. The Bertz CT molecular complexity index is 402. The van der Waals surface area contributed by atoms with Crippen LogP contribution >= 0.6 is 15.9 Å². The maximum Gasteiger partial charge on any atom is 0.143 e. The molecule has 1 unspecified atom stereocenters. The van der Waals surface area contributed by atoms with Gasteiger partial charge in [-0.15, -0.1) is 0 Å². The van der Waals surface area contributed by atoms with E-state index >= 15 is 0 Å². The van der Waals surface area contributed by atoms with Crippen molar-refractivity contribution in [1.82, 2.24) is 0 Å². The van der Waals surface area contributed by atoms with Crippen LogP contribution in [0.4, 0.5) is 8.78 Å². The molecule has 0 radical (unpaired) electrons. The standard InChI is InChI=1S/C13H17BrF2O3/c1-18-6-7-19-5-4-9(17)8-10-12(15)3-2-11(14)13(10)16/h2-3,9,17H,4-8H2,1H3. The predicted molar refractivity (Wildman–Crippen MR) is 71.1 cm³/mol. The SMILES string of the molecule is COCCOCCC(O)Cc1c(F)ccc(Br)c1F. The van der Waals surface area contributed by atoms with Crippen molar-refractivity contribution in [1.29, 1.82) is 0 Å². The highest BCUT2D eigenvalue weighted by Gasteiger charge is 2.16. The van der Waals surface area contributed by atoms with E-state index in [2.05, 4.69) is 15.9 Å². The molecule has 108 valence electrons. The van der Waals surface area contributed by atoms with Crippen LogP contribution in [0.2, 0.25) is 0 Å². The van der Waals surface area contributed by atoms with E-state index in [0.29, 0.717) is 26.2 Å². The number of hydrogen-bond donors (Lipinski definition) is 1. The summed E-state index contributed by atoms with van der Waals surface area (Å²) in [4.78, 5) is 0. The van der Waals surface area contributed by atoms with Gasteiger partial charge in [-0.05, 0) is 34.5 Å². The summed E-state index contributed by atoms with van der Waals surface area (Å²) in [6.07, 6.45) is -0.610. The number of methoxy groups -OCH3 is 1. The molecule has 0 aromatic heterocycles. The molecular formula is C13H17BrF2O3. The highest BCUT2D eigenvalue weighted by molar-refractivity contribution is 9.10. The van der Waals surface area contributed by atoms with E-state index in [-0.39, 0.29) is 16.5 Å². The van der Waals surface area contributed by atoms with Gasteiger partial charge in [-0.25, -0.2) is 8.78 Å². The highest BCUT2D eigenvalue weighted by Crippen LogP contribution is 2.23. The number of benzene rings is 1. The first-order chi connectivity index (χ1) is 9.06. The molecule has 0 amide bonds. The molecule has 3 nitrogen and oxygen atoms in total. The Morgan fingerprint density at radius 2 is 2.00 bits per heavy atom. The molecule has 0 spiro atoms. The number of ether oxygens (including phenoxy) is 2. The minimum Gasteiger partial charge on any atom is -0.393 e. The summed E-state index contributed by atoms with van der Waals surface area (Å²) in [6.45, 7) is 1.23. The van der Waals surface area contributed by atoms with E-state index in [1.54, 1.807) is 7.11 Å². The van der Waals surface area contributed by atoms with Gasteiger partial charge in [-0.2, -0.15) is 0 Å². The van der Waals surface area contributed by atoms with E-state index in [4.69, 9.17) is 9.47 Å². The maximum absolute atomic E-state index is 13.7. The molecule has 1 atom stereocenters. The van der Waals surface area contributed by atoms with Crippen LogP contribution in [0.5, 0.6) is 0 Å². The first-order valence-electron chi connectivity index (χ1n) is 5.93. The van der Waals surface area contributed by atoms with Gasteiger partial charge < -0.3 is 14.6 Å². The lowest BCUT2D eigenvalue weighted by Crippen LogP contribution is -2.16. The molecule has 1 N–H and O–H groups in total. The van der Waals surface area contributed by atoms with Crippen molar-refractivity contribution < 1.29 is 23.4 Å². The van der Waals surface area contributed by atoms with E-state index in [1.807, 2.05) is 0 Å². The van der Waals surface area contributed by atoms with E-state index in [9.17, 15) is 13.9 Å². The minimum atomic E-state index is -0.846. The number of halogens is 3. The number of hydrogen-bond acceptors (Lipinski definition) is 3. The maximum atomic E-state index is 13.7. The molecule has 0 fully saturated rings. The predicted octanol–water partition coefficient (Wildman–Crippen LogP) is 2.68. The average molecular weight is 339 g/mol. The molecule has 0 saturated heterocycles. The van der Waals surface area contributed by atoms with Crippen LogP contribution in [0.3, 0.4) is 0 Å². The third-order valence-corrected chi connectivity index (χ3v) is 3.22. The fraction of sp³-hybridized carbons (Fsp3) is 0.538. The zero-order valence-electron chi connectivity index (χ0n) is 10.7. The summed E-state index contributed by atoms with van der Waals surface area (Å²) in [5.74, 6) is -1.32. The molecule has 0 aliphatic heterocycles. The molecule has 0 aliphatic rings. The Labute approximate surface area is 119 Å². The van der Waals surface area contributed by atoms with Gasteiger partial charge in [0.2, 0.25) is 0 Å². The number of aliphatic hydroxyl groups excluding tert-OH is 1. The zero-order valence-corrected chi connectivity index (χ0v) is 12.3. The normalized spacial score (nSPS) is 12.7. The monoisotopic (exact) mass is 338 g/mol. The highest BCUT2D eigenvalue weighted by atomic mass is 79.9. The second kappa shape index (κ2) is 8.58. The van der Waals surface area contributed by atoms with Crippen LogP contribution in [0.1, 0.15) is 12.0 Å². The van der Waals surface area contributed by atoms with Gasteiger partial charge >= 0.3 is 0 Å². The quantitative estimate of drug-likeness (QED) is 0.585. The Kier molecular flexibility index (Phi) is 7.45. The smallest absolute Gasteiger partial charge is 0.143 e. The van der Waals surface area contributed by atoms with Crippen molar-refractivity contribution in [3.05, 3.63) is 33.8 Å². The van der Waals surface area contributed by atoms with Crippen LogP contribution in [-0.2, 0) is 15.9 Å². The second-order valence-corrected chi connectivity index (χ2v) is 4.93. The van der Waals surface area contributed by atoms with Crippen LogP contribution < -0.4 is 0 Å². The molecular weight excluding hydrogens is 322 g/mol. The third-order valence-electron chi connectivity index (χ3n) is 2.61. The van der Waals surface area contributed by atoms with E-state index < -0.39 is 17.7 Å². The molecule has 0 heterocycles. The minimum absolute atomic E-state index is 0.0786. The molecule has 1 aromatic rings. The van der Waals surface area contributed by atoms with Gasteiger partial charge in [0.05, 0.1) is 23.8 Å². The second-order valence-electron chi connectivity index (χ2n) is 4.07. The summed E-state index contributed by atoms with van der Waals surface area (Å²) >= 11 is 2.99. The first-order valence-corrected chi connectivity index (χ1v) is 6.72. The lowest BCUT2D eigenvalue weighted by molar-refractivity contribution is 0.0475. The number of rotatable bonds is 8. The van der Waals surface area contributed by atoms with Crippen molar-refractivity contribution in [3.8, 4) is 0 Å². The van der Waals surface area contributed by atoms with Crippen molar-refractivity contribution in [2.45, 2.75) is 18.9 Å². The first kappa shape index (κ1) is 16.5. The van der Waals surface area contributed by atoms with Gasteiger partial charge in [0.15, 0.2) is 0 Å². The molecule has 0 aliphatic carbocycles. The van der Waals surface area contributed by atoms with E-state index in [1.165, 1.54) is 12.1 Å². The summed E-state index contributed by atoms with van der Waals surface area (Å²) in [5, 5.41) is 9.74. The molecule has 0 bridgehead atoms. The van der Waals surface area contributed by atoms with Crippen LogP contribution in [0, 0.1) is 11.6 Å². The summed E-state index contributed by atoms with van der Waals surface area (Å²) in [5.41, 5.74) is -0.112. The van der Waals surface area contributed by atoms with Gasteiger partial charge in [0.1, 0.15) is 11.6 Å². The third kappa shape index (κ3) is 5.52. The molecule has 0 saturated carbocycles. The van der Waals surface area contributed by atoms with Gasteiger partial charge in [-0.3, -0.25) is 0 Å². The van der Waals surface area contributed by atoms with Crippen LogP contribution in [0.25, 0.3) is 0 Å². The summed E-state index contributed by atoms with van der Waals surface area (Å²) < 4.78 is 37.3. The fourth-order valence-electron chi connectivity index (χ4n) is 1.56. The lowest BCUT2D eigenvalue weighted by Gasteiger charge is -2.13. The summed E-state index contributed by atoms with van der Waals surface area (Å²) in [6, 6.07) is 2.47. The van der Waals surface area contributed by atoms with E-state index in [0.717, 1.165) is 0 Å². The van der Waals surface area contributed by atoms with Crippen molar-refractivity contribution in [2.24, 2.45) is 0 Å². The van der Waals surface area contributed by atoms with Crippen molar-refractivity contribution in [2.75, 3.05) is 26.9 Å².